The van der Waals surface area contributed by atoms with Crippen LogP contribution >= 0.6 is 11.3 Å². The molecule has 0 aliphatic heterocycles. The van der Waals surface area contributed by atoms with Crippen LogP contribution in [0.2, 0.25) is 0 Å². The van der Waals surface area contributed by atoms with Crippen molar-refractivity contribution in [2.45, 2.75) is 38.7 Å². The summed E-state index contributed by atoms with van der Waals surface area (Å²) in [7, 11) is 0. The minimum absolute atomic E-state index is 0.0288. The number of thiophene rings is 1. The summed E-state index contributed by atoms with van der Waals surface area (Å²) in [5, 5.41) is 9.12. The molecule has 92 valence electrons. The first-order valence-electron chi connectivity index (χ1n) is 5.90. The molecular weight excluding hydrogens is 236 g/mol. The maximum absolute atomic E-state index is 11.1. The van der Waals surface area contributed by atoms with Gasteiger partial charge in [-0.25, -0.2) is 4.79 Å². The van der Waals surface area contributed by atoms with Crippen LogP contribution in [0, 0.1) is 0 Å². The molecule has 0 saturated carbocycles. The monoisotopic (exact) mass is 252 g/mol. The molecule has 3 nitrogen and oxygen atoms in total. The number of hydrogen-bond acceptors (Lipinski definition) is 3. The fourth-order valence-electron chi connectivity index (χ4n) is 1.88. The highest BCUT2D eigenvalue weighted by Crippen LogP contribution is 2.31. The summed E-state index contributed by atoms with van der Waals surface area (Å²) in [5.74, 6) is -0.375. The van der Waals surface area contributed by atoms with Gasteiger partial charge >= 0.3 is 5.97 Å². The van der Waals surface area contributed by atoms with Crippen molar-refractivity contribution in [2.24, 2.45) is 0 Å². The van der Waals surface area contributed by atoms with Gasteiger partial charge in [0.25, 0.3) is 0 Å². The lowest BCUT2D eigenvalue weighted by Crippen LogP contribution is -2.16. The van der Waals surface area contributed by atoms with Gasteiger partial charge in [-0.3, -0.25) is 0 Å². The molecule has 1 unspecified atom stereocenters. The number of carboxylic acid groups (broad SMARTS) is 1. The van der Waals surface area contributed by atoms with Gasteiger partial charge in [-0.05, 0) is 37.8 Å². The van der Waals surface area contributed by atoms with E-state index in [1.807, 2.05) is 19.1 Å². The number of carboxylic acids is 1. The van der Waals surface area contributed by atoms with E-state index >= 15 is 0 Å². The highest BCUT2D eigenvalue weighted by molar-refractivity contribution is 7.14. The number of hydrogen-bond donors (Lipinski definition) is 1. The SMILES string of the molecule is CCc1cc(OC2C=CCCC2)c(C(=O)O)s1. The highest BCUT2D eigenvalue weighted by Gasteiger charge is 2.19. The highest BCUT2D eigenvalue weighted by atomic mass is 32.1. The van der Waals surface area contributed by atoms with E-state index in [0.29, 0.717) is 10.6 Å². The maximum atomic E-state index is 11.1. The molecular formula is C13H16O3S. The molecule has 0 bridgehead atoms. The summed E-state index contributed by atoms with van der Waals surface area (Å²) in [4.78, 5) is 12.5. The molecule has 1 aromatic heterocycles. The van der Waals surface area contributed by atoms with Crippen molar-refractivity contribution in [1.29, 1.82) is 0 Å². The predicted octanol–water partition coefficient (Wildman–Crippen LogP) is 3.50. The second-order valence-electron chi connectivity index (χ2n) is 4.08. The zero-order chi connectivity index (χ0) is 12.3. The molecule has 0 spiro atoms. The van der Waals surface area contributed by atoms with Crippen LogP contribution in [0.1, 0.15) is 40.7 Å². The summed E-state index contributed by atoms with van der Waals surface area (Å²) in [5.41, 5.74) is 0. The summed E-state index contributed by atoms with van der Waals surface area (Å²) in [6.07, 6.45) is 8.16. The quantitative estimate of drug-likeness (QED) is 0.834. The molecule has 2 rings (SSSR count). The van der Waals surface area contributed by atoms with Gasteiger partial charge < -0.3 is 9.84 Å². The molecule has 1 atom stereocenters. The molecule has 0 radical (unpaired) electrons. The van der Waals surface area contributed by atoms with Gasteiger partial charge in [-0.15, -0.1) is 11.3 Å². The van der Waals surface area contributed by atoms with Crippen molar-refractivity contribution in [1.82, 2.24) is 0 Å². The predicted molar refractivity (Wildman–Crippen MR) is 68.1 cm³/mol. The van der Waals surface area contributed by atoms with Crippen LogP contribution in [-0.2, 0) is 6.42 Å². The number of aromatic carboxylic acids is 1. The second kappa shape index (κ2) is 5.36. The largest absolute Gasteiger partial charge is 0.485 e. The van der Waals surface area contributed by atoms with Crippen LogP contribution in [-0.4, -0.2) is 17.2 Å². The van der Waals surface area contributed by atoms with Crippen molar-refractivity contribution in [2.75, 3.05) is 0 Å². The lowest BCUT2D eigenvalue weighted by atomic mass is 10.1. The van der Waals surface area contributed by atoms with Crippen molar-refractivity contribution in [3.8, 4) is 5.75 Å². The fourth-order valence-corrected chi connectivity index (χ4v) is 2.74. The zero-order valence-electron chi connectivity index (χ0n) is 9.81. The first-order chi connectivity index (χ1) is 8.20. The van der Waals surface area contributed by atoms with E-state index in [1.165, 1.54) is 11.3 Å². The van der Waals surface area contributed by atoms with Crippen molar-refractivity contribution < 1.29 is 14.6 Å². The molecule has 0 fully saturated rings. The number of aryl methyl sites for hydroxylation is 1. The van der Waals surface area contributed by atoms with E-state index in [-0.39, 0.29) is 6.10 Å². The molecule has 0 saturated heterocycles. The van der Waals surface area contributed by atoms with Crippen molar-refractivity contribution in [3.63, 3.8) is 0 Å². The molecule has 1 aliphatic carbocycles. The average molecular weight is 252 g/mol. The van der Waals surface area contributed by atoms with Gasteiger partial charge in [0.05, 0.1) is 0 Å². The van der Waals surface area contributed by atoms with Gasteiger partial charge in [-0.1, -0.05) is 13.0 Å². The van der Waals surface area contributed by atoms with Gasteiger partial charge in [0.15, 0.2) is 4.88 Å². The average Bonchev–Trinajstić information content (AvgIpc) is 2.74. The Morgan fingerprint density at radius 3 is 3.06 bits per heavy atom. The fraction of sp³-hybridized carbons (Fsp3) is 0.462. The summed E-state index contributed by atoms with van der Waals surface area (Å²) >= 11 is 1.31. The van der Waals surface area contributed by atoms with E-state index in [0.717, 1.165) is 30.6 Å². The first-order valence-corrected chi connectivity index (χ1v) is 6.71. The summed E-state index contributed by atoms with van der Waals surface area (Å²) in [6.45, 7) is 2.02. The smallest absolute Gasteiger partial charge is 0.349 e. The van der Waals surface area contributed by atoms with Gasteiger partial charge in [0.1, 0.15) is 11.9 Å². The molecule has 0 amide bonds. The van der Waals surface area contributed by atoms with E-state index in [2.05, 4.69) is 6.08 Å². The van der Waals surface area contributed by atoms with Crippen LogP contribution in [0.3, 0.4) is 0 Å². The summed E-state index contributed by atoms with van der Waals surface area (Å²) < 4.78 is 5.77. The lowest BCUT2D eigenvalue weighted by molar-refractivity contribution is 0.0696. The van der Waals surface area contributed by atoms with Crippen molar-refractivity contribution in [3.05, 3.63) is 28.0 Å². The Morgan fingerprint density at radius 1 is 1.65 bits per heavy atom. The summed E-state index contributed by atoms with van der Waals surface area (Å²) in [6, 6.07) is 1.86. The Balaban J connectivity index is 2.18. The third-order valence-corrected chi connectivity index (χ3v) is 4.03. The number of allylic oxidation sites excluding steroid dienone is 1. The minimum Gasteiger partial charge on any atom is -0.485 e. The Bertz CT molecular complexity index is 434. The maximum Gasteiger partial charge on any atom is 0.349 e. The van der Waals surface area contributed by atoms with Gasteiger partial charge in [0, 0.05) is 4.88 Å². The second-order valence-corrected chi connectivity index (χ2v) is 5.22. The third-order valence-electron chi connectivity index (χ3n) is 2.78. The van der Waals surface area contributed by atoms with Gasteiger partial charge in [0.2, 0.25) is 0 Å². The number of carbonyl (C=O) groups is 1. The van der Waals surface area contributed by atoms with E-state index in [4.69, 9.17) is 9.84 Å². The molecule has 1 aromatic rings. The van der Waals surface area contributed by atoms with Crippen LogP contribution in [0.15, 0.2) is 18.2 Å². The Morgan fingerprint density at radius 2 is 2.47 bits per heavy atom. The first kappa shape index (κ1) is 12.2. The standard InChI is InChI=1S/C13H16O3S/c1-2-10-8-11(12(17-10)13(14)15)16-9-6-4-3-5-7-9/h4,6,8-9H,2-3,5,7H2,1H3,(H,14,15). The zero-order valence-corrected chi connectivity index (χ0v) is 10.6. The van der Waals surface area contributed by atoms with E-state index in [1.54, 1.807) is 0 Å². The lowest BCUT2D eigenvalue weighted by Gasteiger charge is -2.17. The topological polar surface area (TPSA) is 46.5 Å². The van der Waals surface area contributed by atoms with Crippen molar-refractivity contribution >= 4 is 17.3 Å². The van der Waals surface area contributed by atoms with Gasteiger partial charge in [-0.2, -0.15) is 0 Å². The van der Waals surface area contributed by atoms with E-state index in [9.17, 15) is 4.79 Å². The van der Waals surface area contributed by atoms with E-state index < -0.39 is 5.97 Å². The van der Waals surface area contributed by atoms with Crippen LogP contribution < -0.4 is 4.74 Å². The number of rotatable bonds is 4. The third kappa shape index (κ3) is 2.88. The molecule has 0 aromatic carbocycles. The molecule has 1 aliphatic rings. The molecule has 1 heterocycles. The van der Waals surface area contributed by atoms with Crippen LogP contribution in [0.4, 0.5) is 0 Å². The van der Waals surface area contributed by atoms with Crippen LogP contribution in [0.5, 0.6) is 5.75 Å². The molecule has 1 N–H and O–H groups in total. The normalized spacial score (nSPS) is 19.2. The molecule has 17 heavy (non-hydrogen) atoms. The minimum atomic E-state index is -0.899. The Hall–Kier alpha value is -1.29. The van der Waals surface area contributed by atoms with Crippen LogP contribution in [0.25, 0.3) is 0 Å². The Labute approximate surface area is 105 Å². The number of ether oxygens (including phenoxy) is 1. The molecule has 4 heteroatoms. The Kier molecular flexibility index (Phi) is 3.84.